The van der Waals surface area contributed by atoms with Crippen LogP contribution in [0.2, 0.25) is 0 Å². The van der Waals surface area contributed by atoms with Crippen molar-refractivity contribution in [2.24, 2.45) is 5.73 Å². The summed E-state index contributed by atoms with van der Waals surface area (Å²) in [7, 11) is 1.85. The number of primary amides is 1. The van der Waals surface area contributed by atoms with Gasteiger partial charge < -0.3 is 15.8 Å². The van der Waals surface area contributed by atoms with E-state index in [1.165, 1.54) is 0 Å². The summed E-state index contributed by atoms with van der Waals surface area (Å²) in [5.74, 6) is 0.284. The van der Waals surface area contributed by atoms with Crippen LogP contribution in [-0.4, -0.2) is 19.1 Å². The normalized spacial score (nSPS) is 12.0. The van der Waals surface area contributed by atoms with Crippen LogP contribution >= 0.6 is 0 Å². The van der Waals surface area contributed by atoms with Crippen LogP contribution in [0.15, 0.2) is 12.1 Å². The molecule has 0 spiro atoms. The van der Waals surface area contributed by atoms with Gasteiger partial charge in [-0.1, -0.05) is 26.7 Å². The van der Waals surface area contributed by atoms with Gasteiger partial charge in [0.2, 0.25) is 5.91 Å². The summed E-state index contributed by atoms with van der Waals surface area (Å²) in [6.45, 7) is 6.23. The van der Waals surface area contributed by atoms with E-state index in [0.717, 1.165) is 36.9 Å². The summed E-state index contributed by atoms with van der Waals surface area (Å²) in [5.41, 5.74) is 7.74. The molecule has 4 nitrogen and oxygen atoms in total. The number of carbonyl (C=O) groups excluding carboxylic acids is 1. The molecule has 0 aliphatic heterocycles. The quantitative estimate of drug-likeness (QED) is 0.765. The Morgan fingerprint density at radius 1 is 1.40 bits per heavy atom. The molecule has 0 aliphatic carbocycles. The molecule has 0 aliphatic rings. The van der Waals surface area contributed by atoms with Crippen molar-refractivity contribution >= 4 is 11.6 Å². The van der Waals surface area contributed by atoms with Gasteiger partial charge in [-0.05, 0) is 37.5 Å². The van der Waals surface area contributed by atoms with Crippen LogP contribution in [0.3, 0.4) is 0 Å². The lowest BCUT2D eigenvalue weighted by Crippen LogP contribution is -2.18. The molecule has 0 saturated carbocycles. The zero-order valence-corrected chi connectivity index (χ0v) is 13.0. The number of anilines is 1. The van der Waals surface area contributed by atoms with E-state index in [2.05, 4.69) is 19.2 Å². The first-order chi connectivity index (χ1) is 9.53. The summed E-state index contributed by atoms with van der Waals surface area (Å²) in [6.07, 6.45) is 4.43. The molecule has 1 aromatic carbocycles. The highest BCUT2D eigenvalue weighted by molar-refractivity contribution is 5.94. The van der Waals surface area contributed by atoms with Crippen LogP contribution in [0.4, 0.5) is 5.69 Å². The van der Waals surface area contributed by atoms with Crippen LogP contribution in [0.5, 0.6) is 5.75 Å². The number of carbonyl (C=O) groups is 1. The lowest BCUT2D eigenvalue weighted by molar-refractivity contribution is 0.0999. The molecule has 1 amide bonds. The van der Waals surface area contributed by atoms with E-state index in [0.29, 0.717) is 11.3 Å². The molecule has 0 saturated heterocycles. The summed E-state index contributed by atoms with van der Waals surface area (Å²) < 4.78 is 6.09. The summed E-state index contributed by atoms with van der Waals surface area (Å²) in [4.78, 5) is 11.4. The molecule has 1 aromatic rings. The number of nitrogens with two attached hydrogens (primary N) is 1. The van der Waals surface area contributed by atoms with Crippen LogP contribution in [0.1, 0.15) is 55.5 Å². The summed E-state index contributed by atoms with van der Waals surface area (Å²) in [6, 6.07) is 3.52. The van der Waals surface area contributed by atoms with Crippen molar-refractivity contribution < 1.29 is 9.53 Å². The Kier molecular flexibility index (Phi) is 6.36. The monoisotopic (exact) mass is 278 g/mol. The number of aryl methyl sites for hydroxylation is 1. The molecule has 3 N–H and O–H groups in total. The third-order valence-electron chi connectivity index (χ3n) is 3.46. The van der Waals surface area contributed by atoms with Gasteiger partial charge >= 0.3 is 0 Å². The molecular formula is C16H26N2O2. The van der Waals surface area contributed by atoms with Crippen LogP contribution in [0.25, 0.3) is 0 Å². The molecule has 1 unspecified atom stereocenters. The van der Waals surface area contributed by atoms with Gasteiger partial charge in [0.1, 0.15) is 5.75 Å². The molecule has 20 heavy (non-hydrogen) atoms. The first kappa shape index (κ1) is 16.3. The molecule has 4 heteroatoms. The minimum atomic E-state index is -0.429. The standard InChI is InChI=1S/C16H26N2O2/c1-5-7-8-13(6-2)20-14-10-12(16(17)19)9-11(3)15(14)18-4/h9-10,13,18H,5-8H2,1-4H3,(H2,17,19). The van der Waals surface area contributed by atoms with Crippen LogP contribution in [0, 0.1) is 6.92 Å². The minimum Gasteiger partial charge on any atom is -0.488 e. The van der Waals surface area contributed by atoms with E-state index in [1.54, 1.807) is 12.1 Å². The molecule has 0 radical (unpaired) electrons. The zero-order chi connectivity index (χ0) is 15.1. The average molecular weight is 278 g/mol. The van der Waals surface area contributed by atoms with Crippen LogP contribution < -0.4 is 15.8 Å². The van der Waals surface area contributed by atoms with Gasteiger partial charge in [-0.2, -0.15) is 0 Å². The van der Waals surface area contributed by atoms with Gasteiger partial charge in [-0.25, -0.2) is 0 Å². The third kappa shape index (κ3) is 4.15. The van der Waals surface area contributed by atoms with Gasteiger partial charge in [0, 0.05) is 12.6 Å². The second kappa shape index (κ2) is 7.78. The maximum Gasteiger partial charge on any atom is 0.248 e. The van der Waals surface area contributed by atoms with Crippen molar-refractivity contribution in [2.75, 3.05) is 12.4 Å². The number of rotatable bonds is 8. The molecule has 112 valence electrons. The number of amides is 1. The van der Waals surface area contributed by atoms with Gasteiger partial charge in [0.25, 0.3) is 0 Å². The fourth-order valence-corrected chi connectivity index (χ4v) is 2.27. The van der Waals surface area contributed by atoms with Gasteiger partial charge in [0.05, 0.1) is 11.8 Å². The van der Waals surface area contributed by atoms with Gasteiger partial charge in [-0.3, -0.25) is 4.79 Å². The van der Waals surface area contributed by atoms with E-state index in [1.807, 2.05) is 14.0 Å². The number of hydrogen-bond donors (Lipinski definition) is 2. The molecule has 1 rings (SSSR count). The van der Waals surface area contributed by atoms with Gasteiger partial charge in [-0.15, -0.1) is 0 Å². The lowest BCUT2D eigenvalue weighted by Gasteiger charge is -2.21. The van der Waals surface area contributed by atoms with E-state index in [-0.39, 0.29) is 6.10 Å². The number of hydrogen-bond acceptors (Lipinski definition) is 3. The van der Waals surface area contributed by atoms with E-state index in [4.69, 9.17) is 10.5 Å². The second-order valence-electron chi connectivity index (χ2n) is 5.07. The number of ether oxygens (including phenoxy) is 1. The van der Waals surface area contributed by atoms with Crippen LogP contribution in [-0.2, 0) is 0 Å². The Labute approximate surface area is 121 Å². The average Bonchev–Trinajstić information content (AvgIpc) is 2.42. The number of benzene rings is 1. The molecule has 0 heterocycles. The molecule has 0 fully saturated rings. The third-order valence-corrected chi connectivity index (χ3v) is 3.46. The number of unbranched alkanes of at least 4 members (excludes halogenated alkanes) is 1. The highest BCUT2D eigenvalue weighted by Crippen LogP contribution is 2.31. The lowest BCUT2D eigenvalue weighted by atomic mass is 10.1. The van der Waals surface area contributed by atoms with E-state index < -0.39 is 5.91 Å². The Balaban J connectivity index is 3.04. The summed E-state index contributed by atoms with van der Waals surface area (Å²) >= 11 is 0. The Morgan fingerprint density at radius 3 is 2.60 bits per heavy atom. The van der Waals surface area contributed by atoms with Crippen molar-refractivity contribution in [2.45, 2.75) is 52.6 Å². The van der Waals surface area contributed by atoms with Crippen molar-refractivity contribution in [1.29, 1.82) is 0 Å². The first-order valence-corrected chi connectivity index (χ1v) is 7.32. The van der Waals surface area contributed by atoms with Gasteiger partial charge in [0.15, 0.2) is 0 Å². The first-order valence-electron chi connectivity index (χ1n) is 7.32. The predicted octanol–water partition coefficient (Wildman–Crippen LogP) is 3.48. The zero-order valence-electron chi connectivity index (χ0n) is 13.0. The number of nitrogens with one attached hydrogen (secondary N) is 1. The fourth-order valence-electron chi connectivity index (χ4n) is 2.27. The molecule has 0 bridgehead atoms. The summed E-state index contributed by atoms with van der Waals surface area (Å²) in [5, 5.41) is 3.14. The van der Waals surface area contributed by atoms with Crippen molar-refractivity contribution in [3.63, 3.8) is 0 Å². The highest BCUT2D eigenvalue weighted by Gasteiger charge is 2.15. The minimum absolute atomic E-state index is 0.171. The van der Waals surface area contributed by atoms with Crippen molar-refractivity contribution in [3.05, 3.63) is 23.3 Å². The predicted molar refractivity (Wildman–Crippen MR) is 83.5 cm³/mol. The Morgan fingerprint density at radius 2 is 2.10 bits per heavy atom. The molecule has 0 aromatic heterocycles. The van der Waals surface area contributed by atoms with Crippen molar-refractivity contribution in [1.82, 2.24) is 0 Å². The smallest absolute Gasteiger partial charge is 0.248 e. The highest BCUT2D eigenvalue weighted by atomic mass is 16.5. The SMILES string of the molecule is CCCCC(CC)Oc1cc(C(N)=O)cc(C)c1NC. The van der Waals surface area contributed by atoms with Crippen molar-refractivity contribution in [3.8, 4) is 5.75 Å². The van der Waals surface area contributed by atoms with E-state index in [9.17, 15) is 4.79 Å². The fraction of sp³-hybridized carbons (Fsp3) is 0.562. The Hall–Kier alpha value is -1.71. The maximum atomic E-state index is 11.4. The maximum absolute atomic E-state index is 11.4. The van der Waals surface area contributed by atoms with E-state index >= 15 is 0 Å². The largest absolute Gasteiger partial charge is 0.488 e. The second-order valence-corrected chi connectivity index (χ2v) is 5.07. The topological polar surface area (TPSA) is 64.3 Å². The Bertz CT molecular complexity index is 458. The molecular weight excluding hydrogens is 252 g/mol. The molecule has 1 atom stereocenters.